The van der Waals surface area contributed by atoms with Gasteiger partial charge < -0.3 is 29.6 Å². The quantitative estimate of drug-likeness (QED) is 0.801. The fourth-order valence-electron chi connectivity index (χ4n) is 2.44. The minimum atomic E-state index is -0.118. The number of benzene rings is 2. The summed E-state index contributed by atoms with van der Waals surface area (Å²) in [6.07, 6.45) is 0. The van der Waals surface area contributed by atoms with Crippen molar-refractivity contribution >= 4 is 11.6 Å². The van der Waals surface area contributed by atoms with Gasteiger partial charge in [-0.3, -0.25) is 4.79 Å². The van der Waals surface area contributed by atoms with Gasteiger partial charge in [0.15, 0.2) is 23.0 Å². The van der Waals surface area contributed by atoms with E-state index < -0.39 is 0 Å². The van der Waals surface area contributed by atoms with Crippen LogP contribution in [-0.2, 0) is 11.3 Å². The molecule has 1 heterocycles. The van der Waals surface area contributed by atoms with Crippen molar-refractivity contribution in [3.63, 3.8) is 0 Å². The summed E-state index contributed by atoms with van der Waals surface area (Å²) in [5, 5.41) is 5.91. The molecule has 0 fully saturated rings. The van der Waals surface area contributed by atoms with E-state index in [1.165, 1.54) is 0 Å². The number of hydrogen-bond donors (Lipinski definition) is 2. The van der Waals surface area contributed by atoms with Crippen molar-refractivity contribution in [3.05, 3.63) is 42.0 Å². The fourth-order valence-corrected chi connectivity index (χ4v) is 2.44. The molecule has 0 spiro atoms. The lowest BCUT2D eigenvalue weighted by Gasteiger charge is -2.11. The molecule has 2 aromatic carbocycles. The third-order valence-corrected chi connectivity index (χ3v) is 3.76. The van der Waals surface area contributed by atoms with E-state index in [4.69, 9.17) is 18.9 Å². The minimum Gasteiger partial charge on any atom is -0.493 e. The number of hydrogen-bond acceptors (Lipinski definition) is 6. The average Bonchev–Trinajstić information content (AvgIpc) is 3.12. The molecule has 0 unspecified atom stereocenters. The Hall–Kier alpha value is -3.09. The maximum atomic E-state index is 12.0. The second kappa shape index (κ2) is 7.65. The van der Waals surface area contributed by atoms with Gasteiger partial charge in [-0.15, -0.1) is 0 Å². The second-order valence-electron chi connectivity index (χ2n) is 5.39. The van der Waals surface area contributed by atoms with Crippen LogP contribution in [0.15, 0.2) is 36.4 Å². The number of carbonyl (C=O) groups excluding carboxylic acids is 1. The summed E-state index contributed by atoms with van der Waals surface area (Å²) in [6, 6.07) is 11.0. The maximum absolute atomic E-state index is 12.0. The van der Waals surface area contributed by atoms with Gasteiger partial charge in [0.2, 0.25) is 12.7 Å². The van der Waals surface area contributed by atoms with Gasteiger partial charge in [-0.05, 0) is 29.8 Å². The van der Waals surface area contributed by atoms with Crippen molar-refractivity contribution in [3.8, 4) is 23.0 Å². The number of anilines is 1. The Labute approximate surface area is 145 Å². The van der Waals surface area contributed by atoms with E-state index >= 15 is 0 Å². The van der Waals surface area contributed by atoms with E-state index in [-0.39, 0.29) is 19.2 Å². The zero-order chi connectivity index (χ0) is 17.6. The highest BCUT2D eigenvalue weighted by Gasteiger charge is 2.13. The first-order chi connectivity index (χ1) is 12.2. The van der Waals surface area contributed by atoms with Crippen LogP contribution in [0, 0.1) is 0 Å². The van der Waals surface area contributed by atoms with Gasteiger partial charge in [0.25, 0.3) is 0 Å². The lowest BCUT2D eigenvalue weighted by molar-refractivity contribution is -0.119. The molecule has 132 valence electrons. The number of carbonyl (C=O) groups is 1. The van der Waals surface area contributed by atoms with Gasteiger partial charge in [-0.2, -0.15) is 0 Å². The molecule has 0 aromatic heterocycles. The molecular weight excluding hydrogens is 324 g/mol. The summed E-state index contributed by atoms with van der Waals surface area (Å²) in [4.78, 5) is 12.0. The van der Waals surface area contributed by atoms with Crippen LogP contribution >= 0.6 is 0 Å². The van der Waals surface area contributed by atoms with Gasteiger partial charge in [0.1, 0.15) is 0 Å². The highest BCUT2D eigenvalue weighted by atomic mass is 16.7. The number of ether oxygens (including phenoxy) is 4. The largest absolute Gasteiger partial charge is 0.493 e. The standard InChI is InChI=1S/C18H20N2O5/c1-22-14-6-4-13(8-16(14)23-2)19-10-18(21)20-9-12-3-5-15-17(7-12)25-11-24-15/h3-8,19H,9-11H2,1-2H3,(H,20,21). The molecule has 0 atom stereocenters. The van der Waals surface area contributed by atoms with Crippen molar-refractivity contribution in [2.45, 2.75) is 6.54 Å². The van der Waals surface area contributed by atoms with Crippen molar-refractivity contribution in [2.24, 2.45) is 0 Å². The smallest absolute Gasteiger partial charge is 0.239 e. The molecule has 2 aromatic rings. The first kappa shape index (κ1) is 16.8. The number of amides is 1. The SMILES string of the molecule is COc1ccc(NCC(=O)NCc2ccc3c(c2)OCO3)cc1OC. The van der Waals surface area contributed by atoms with Crippen LogP contribution in [-0.4, -0.2) is 33.5 Å². The summed E-state index contributed by atoms with van der Waals surface area (Å²) in [5.41, 5.74) is 1.72. The lowest BCUT2D eigenvalue weighted by atomic mass is 10.2. The summed E-state index contributed by atoms with van der Waals surface area (Å²) in [6.45, 7) is 0.809. The Balaban J connectivity index is 1.50. The predicted molar refractivity (Wildman–Crippen MR) is 92.4 cm³/mol. The van der Waals surface area contributed by atoms with Crippen molar-refractivity contribution in [2.75, 3.05) is 32.9 Å². The van der Waals surface area contributed by atoms with Crippen LogP contribution in [0.4, 0.5) is 5.69 Å². The molecule has 0 bridgehead atoms. The van der Waals surface area contributed by atoms with E-state index in [1.54, 1.807) is 26.4 Å². The van der Waals surface area contributed by atoms with Gasteiger partial charge >= 0.3 is 0 Å². The van der Waals surface area contributed by atoms with E-state index in [0.717, 1.165) is 17.0 Å². The third kappa shape index (κ3) is 4.06. The van der Waals surface area contributed by atoms with Gasteiger partial charge in [-0.25, -0.2) is 0 Å². The first-order valence-corrected chi connectivity index (χ1v) is 7.80. The zero-order valence-corrected chi connectivity index (χ0v) is 14.1. The number of rotatable bonds is 7. The van der Waals surface area contributed by atoms with E-state index in [0.29, 0.717) is 23.8 Å². The molecular formula is C18H20N2O5. The maximum Gasteiger partial charge on any atom is 0.239 e. The molecule has 0 saturated carbocycles. The Morgan fingerprint density at radius 3 is 2.64 bits per heavy atom. The van der Waals surface area contributed by atoms with E-state index in [9.17, 15) is 4.79 Å². The van der Waals surface area contributed by atoms with Crippen molar-refractivity contribution < 1.29 is 23.7 Å². The zero-order valence-electron chi connectivity index (χ0n) is 14.1. The monoisotopic (exact) mass is 344 g/mol. The molecule has 7 heteroatoms. The molecule has 2 N–H and O–H groups in total. The van der Waals surface area contributed by atoms with E-state index in [2.05, 4.69) is 10.6 Å². The summed E-state index contributed by atoms with van der Waals surface area (Å²) >= 11 is 0. The van der Waals surface area contributed by atoms with Crippen LogP contribution in [0.25, 0.3) is 0 Å². The molecule has 1 aliphatic rings. The Morgan fingerprint density at radius 1 is 1.04 bits per heavy atom. The molecule has 25 heavy (non-hydrogen) atoms. The van der Waals surface area contributed by atoms with Gasteiger partial charge in [0, 0.05) is 18.3 Å². The molecule has 7 nitrogen and oxygen atoms in total. The van der Waals surface area contributed by atoms with Gasteiger partial charge in [-0.1, -0.05) is 6.07 Å². The molecule has 1 aliphatic heterocycles. The van der Waals surface area contributed by atoms with Gasteiger partial charge in [0.05, 0.1) is 20.8 Å². The molecule has 0 radical (unpaired) electrons. The Bertz CT molecular complexity index is 763. The molecule has 1 amide bonds. The first-order valence-electron chi connectivity index (χ1n) is 7.80. The average molecular weight is 344 g/mol. The predicted octanol–water partition coefficient (Wildman–Crippen LogP) is 2.16. The number of methoxy groups -OCH3 is 2. The summed E-state index contributed by atoms with van der Waals surface area (Å²) < 4.78 is 21.0. The fraction of sp³-hybridized carbons (Fsp3) is 0.278. The second-order valence-corrected chi connectivity index (χ2v) is 5.39. The summed E-state index contributed by atoms with van der Waals surface area (Å²) in [5.74, 6) is 2.56. The summed E-state index contributed by atoms with van der Waals surface area (Å²) in [7, 11) is 3.15. The normalized spacial score (nSPS) is 11.8. The van der Waals surface area contributed by atoms with Crippen LogP contribution in [0.1, 0.15) is 5.56 Å². The van der Waals surface area contributed by atoms with Crippen LogP contribution in [0.3, 0.4) is 0 Å². The lowest BCUT2D eigenvalue weighted by Crippen LogP contribution is -2.29. The highest BCUT2D eigenvalue weighted by molar-refractivity contribution is 5.80. The Morgan fingerprint density at radius 2 is 1.84 bits per heavy atom. The third-order valence-electron chi connectivity index (χ3n) is 3.76. The Kier molecular flexibility index (Phi) is 5.13. The van der Waals surface area contributed by atoms with Crippen LogP contribution in [0.5, 0.6) is 23.0 Å². The van der Waals surface area contributed by atoms with E-state index in [1.807, 2.05) is 24.3 Å². The van der Waals surface area contributed by atoms with Crippen LogP contribution < -0.4 is 29.6 Å². The topological polar surface area (TPSA) is 78.1 Å². The van der Waals surface area contributed by atoms with Crippen molar-refractivity contribution in [1.29, 1.82) is 0 Å². The molecule has 0 aliphatic carbocycles. The number of nitrogens with one attached hydrogen (secondary N) is 2. The van der Waals surface area contributed by atoms with Crippen molar-refractivity contribution in [1.82, 2.24) is 5.32 Å². The highest BCUT2D eigenvalue weighted by Crippen LogP contribution is 2.32. The molecule has 0 saturated heterocycles. The minimum absolute atomic E-state index is 0.118. The van der Waals surface area contributed by atoms with Crippen LogP contribution in [0.2, 0.25) is 0 Å². The molecule has 3 rings (SSSR count). The number of fused-ring (bicyclic) bond motifs is 1.